The van der Waals surface area contributed by atoms with E-state index in [1.165, 1.54) is 4.90 Å². The molecule has 0 spiro atoms. The standard InChI is InChI=1S/C12H19N3O6/c13-6-9(16)15-5-1-2-8(15)11(19)14-7(12(20)21)3-4-10(17)18/h7-8H,1-6,13H2,(H,14,19)(H,17,18)(H,20,21)/t7-,8-/m0/s1. The number of nitrogens with one attached hydrogen (secondary N) is 1. The Labute approximate surface area is 121 Å². The largest absolute Gasteiger partial charge is 0.481 e. The van der Waals surface area contributed by atoms with Crippen molar-refractivity contribution in [2.75, 3.05) is 13.1 Å². The predicted octanol–water partition coefficient (Wildman–Crippen LogP) is -1.63. The van der Waals surface area contributed by atoms with Crippen LogP contribution in [0.1, 0.15) is 25.7 Å². The molecular formula is C12H19N3O6. The van der Waals surface area contributed by atoms with E-state index < -0.39 is 29.9 Å². The molecule has 0 aromatic carbocycles. The maximum absolute atomic E-state index is 12.1. The Bertz CT molecular complexity index is 439. The SMILES string of the molecule is NCC(=O)N1CCC[C@H]1C(=O)N[C@@H](CCC(=O)O)C(=O)O. The first-order valence-corrected chi connectivity index (χ1v) is 6.61. The molecule has 118 valence electrons. The molecule has 1 saturated heterocycles. The second kappa shape index (κ2) is 7.58. The molecule has 0 radical (unpaired) electrons. The smallest absolute Gasteiger partial charge is 0.326 e. The molecule has 1 aliphatic heterocycles. The Kier molecular flexibility index (Phi) is 6.10. The predicted molar refractivity (Wildman–Crippen MR) is 70.2 cm³/mol. The van der Waals surface area contributed by atoms with Gasteiger partial charge in [0.05, 0.1) is 6.54 Å². The maximum Gasteiger partial charge on any atom is 0.326 e. The van der Waals surface area contributed by atoms with E-state index in [2.05, 4.69) is 5.32 Å². The maximum atomic E-state index is 12.1. The van der Waals surface area contributed by atoms with Crippen LogP contribution in [-0.2, 0) is 19.2 Å². The molecule has 2 atom stereocenters. The van der Waals surface area contributed by atoms with Crippen LogP contribution in [0, 0.1) is 0 Å². The van der Waals surface area contributed by atoms with Crippen LogP contribution in [0.2, 0.25) is 0 Å². The van der Waals surface area contributed by atoms with Gasteiger partial charge in [0.1, 0.15) is 12.1 Å². The van der Waals surface area contributed by atoms with Crippen molar-refractivity contribution in [3.05, 3.63) is 0 Å². The summed E-state index contributed by atoms with van der Waals surface area (Å²) in [5.41, 5.74) is 5.26. The Hall–Kier alpha value is -2.16. The number of amides is 2. The molecule has 0 saturated carbocycles. The van der Waals surface area contributed by atoms with Gasteiger partial charge in [-0.2, -0.15) is 0 Å². The number of likely N-dealkylation sites (tertiary alicyclic amines) is 1. The highest BCUT2D eigenvalue weighted by atomic mass is 16.4. The van der Waals surface area contributed by atoms with Gasteiger partial charge in [0.25, 0.3) is 0 Å². The summed E-state index contributed by atoms with van der Waals surface area (Å²) in [5, 5.41) is 19.8. The Morgan fingerprint density at radius 1 is 1.29 bits per heavy atom. The molecule has 0 aliphatic carbocycles. The zero-order valence-corrected chi connectivity index (χ0v) is 11.4. The van der Waals surface area contributed by atoms with Gasteiger partial charge in [-0.25, -0.2) is 4.79 Å². The lowest BCUT2D eigenvalue weighted by Crippen LogP contribution is -2.51. The third-order valence-electron chi connectivity index (χ3n) is 3.31. The van der Waals surface area contributed by atoms with Crippen LogP contribution >= 0.6 is 0 Å². The zero-order valence-electron chi connectivity index (χ0n) is 11.4. The molecule has 5 N–H and O–H groups in total. The topological polar surface area (TPSA) is 150 Å². The number of carbonyl (C=O) groups excluding carboxylic acids is 2. The molecule has 1 fully saturated rings. The number of hydrogen-bond acceptors (Lipinski definition) is 5. The second-order valence-corrected chi connectivity index (χ2v) is 4.78. The van der Waals surface area contributed by atoms with Gasteiger partial charge in [0.15, 0.2) is 0 Å². The Morgan fingerprint density at radius 2 is 1.95 bits per heavy atom. The summed E-state index contributed by atoms with van der Waals surface area (Å²) < 4.78 is 0. The van der Waals surface area contributed by atoms with Crippen LogP contribution in [0.4, 0.5) is 0 Å². The van der Waals surface area contributed by atoms with Crippen molar-refractivity contribution < 1.29 is 29.4 Å². The van der Waals surface area contributed by atoms with E-state index in [-0.39, 0.29) is 25.3 Å². The van der Waals surface area contributed by atoms with Crippen LogP contribution in [0.15, 0.2) is 0 Å². The number of carboxylic acid groups (broad SMARTS) is 2. The molecule has 21 heavy (non-hydrogen) atoms. The van der Waals surface area contributed by atoms with E-state index in [4.69, 9.17) is 15.9 Å². The minimum atomic E-state index is -1.31. The van der Waals surface area contributed by atoms with Crippen molar-refractivity contribution in [2.45, 2.75) is 37.8 Å². The number of carbonyl (C=O) groups is 4. The average Bonchev–Trinajstić information content (AvgIpc) is 2.91. The van der Waals surface area contributed by atoms with Gasteiger partial charge in [-0.3, -0.25) is 14.4 Å². The van der Waals surface area contributed by atoms with Crippen molar-refractivity contribution in [1.82, 2.24) is 10.2 Å². The second-order valence-electron chi connectivity index (χ2n) is 4.78. The molecule has 1 rings (SSSR count). The van der Waals surface area contributed by atoms with Gasteiger partial charge < -0.3 is 26.2 Å². The molecule has 9 heteroatoms. The molecule has 0 aromatic heterocycles. The van der Waals surface area contributed by atoms with E-state index in [9.17, 15) is 19.2 Å². The Morgan fingerprint density at radius 3 is 2.48 bits per heavy atom. The molecule has 0 bridgehead atoms. The number of carboxylic acids is 2. The lowest BCUT2D eigenvalue weighted by atomic mass is 10.1. The molecule has 2 amide bonds. The fourth-order valence-electron chi connectivity index (χ4n) is 2.25. The molecule has 0 unspecified atom stereocenters. The van der Waals surface area contributed by atoms with E-state index in [0.717, 1.165) is 0 Å². The molecule has 1 heterocycles. The molecule has 0 aromatic rings. The number of nitrogens with zero attached hydrogens (tertiary/aromatic N) is 1. The summed E-state index contributed by atoms with van der Waals surface area (Å²) in [6.45, 7) is 0.187. The molecule has 1 aliphatic rings. The van der Waals surface area contributed by atoms with Gasteiger partial charge in [0, 0.05) is 13.0 Å². The summed E-state index contributed by atoms with van der Waals surface area (Å²) in [4.78, 5) is 46.5. The summed E-state index contributed by atoms with van der Waals surface area (Å²) in [5.74, 6) is -3.41. The number of hydrogen-bond donors (Lipinski definition) is 4. The minimum absolute atomic E-state index is 0.214. The monoisotopic (exact) mass is 301 g/mol. The first-order valence-electron chi connectivity index (χ1n) is 6.61. The normalized spacial score (nSPS) is 19.1. The van der Waals surface area contributed by atoms with Crippen molar-refractivity contribution in [3.8, 4) is 0 Å². The first kappa shape index (κ1) is 16.9. The fraction of sp³-hybridized carbons (Fsp3) is 0.667. The highest BCUT2D eigenvalue weighted by molar-refractivity contribution is 5.91. The number of nitrogens with two attached hydrogens (primary N) is 1. The van der Waals surface area contributed by atoms with Gasteiger partial charge in [0.2, 0.25) is 11.8 Å². The third kappa shape index (κ3) is 4.71. The van der Waals surface area contributed by atoms with Crippen molar-refractivity contribution >= 4 is 23.8 Å². The number of rotatable bonds is 7. The highest BCUT2D eigenvalue weighted by Crippen LogP contribution is 2.17. The third-order valence-corrected chi connectivity index (χ3v) is 3.31. The minimum Gasteiger partial charge on any atom is -0.481 e. The Balaban J connectivity index is 2.66. The van der Waals surface area contributed by atoms with Gasteiger partial charge >= 0.3 is 11.9 Å². The van der Waals surface area contributed by atoms with Crippen molar-refractivity contribution in [3.63, 3.8) is 0 Å². The summed E-state index contributed by atoms with van der Waals surface area (Å²) >= 11 is 0. The fourth-order valence-corrected chi connectivity index (χ4v) is 2.25. The van der Waals surface area contributed by atoms with Crippen molar-refractivity contribution in [1.29, 1.82) is 0 Å². The zero-order chi connectivity index (χ0) is 16.0. The van der Waals surface area contributed by atoms with E-state index in [1.807, 2.05) is 0 Å². The molecule has 9 nitrogen and oxygen atoms in total. The lowest BCUT2D eigenvalue weighted by Gasteiger charge is -2.25. The average molecular weight is 301 g/mol. The van der Waals surface area contributed by atoms with Crippen LogP contribution in [0.3, 0.4) is 0 Å². The quantitative estimate of drug-likeness (QED) is 0.441. The van der Waals surface area contributed by atoms with Gasteiger partial charge in [-0.1, -0.05) is 0 Å². The van der Waals surface area contributed by atoms with E-state index in [0.29, 0.717) is 19.4 Å². The lowest BCUT2D eigenvalue weighted by molar-refractivity contribution is -0.144. The van der Waals surface area contributed by atoms with Crippen molar-refractivity contribution in [2.24, 2.45) is 5.73 Å². The van der Waals surface area contributed by atoms with Crippen LogP contribution in [0.5, 0.6) is 0 Å². The summed E-state index contributed by atoms with van der Waals surface area (Å²) in [6, 6.07) is -2.03. The van der Waals surface area contributed by atoms with E-state index in [1.54, 1.807) is 0 Å². The van der Waals surface area contributed by atoms with Crippen LogP contribution in [-0.4, -0.2) is 64.0 Å². The first-order chi connectivity index (χ1) is 9.86. The highest BCUT2D eigenvalue weighted by Gasteiger charge is 2.35. The van der Waals surface area contributed by atoms with Gasteiger partial charge in [-0.05, 0) is 19.3 Å². The summed E-state index contributed by atoms with van der Waals surface area (Å²) in [7, 11) is 0. The molecular weight excluding hydrogens is 282 g/mol. The summed E-state index contributed by atoms with van der Waals surface area (Å²) in [6.07, 6.45) is 0.487. The van der Waals surface area contributed by atoms with E-state index >= 15 is 0 Å². The van der Waals surface area contributed by atoms with Gasteiger partial charge in [-0.15, -0.1) is 0 Å². The van der Waals surface area contributed by atoms with Crippen LogP contribution < -0.4 is 11.1 Å². The van der Waals surface area contributed by atoms with Crippen LogP contribution in [0.25, 0.3) is 0 Å². The number of aliphatic carboxylic acids is 2.